The molecular weight excluding hydrogens is 334 g/mol. The third-order valence-corrected chi connectivity index (χ3v) is 6.67. The molecule has 2 N–H and O–H groups in total. The average molecular weight is 358 g/mol. The molecular formula is C15H23N3O3S2. The van der Waals surface area contributed by atoms with E-state index in [4.69, 9.17) is 0 Å². The molecule has 23 heavy (non-hydrogen) atoms. The van der Waals surface area contributed by atoms with Crippen molar-refractivity contribution in [1.82, 2.24) is 10.6 Å². The van der Waals surface area contributed by atoms with Gasteiger partial charge < -0.3 is 10.6 Å². The number of rotatable bonds is 6. The van der Waals surface area contributed by atoms with Crippen LogP contribution in [0.1, 0.15) is 12.0 Å². The van der Waals surface area contributed by atoms with Gasteiger partial charge in [-0.25, -0.2) is 8.42 Å². The van der Waals surface area contributed by atoms with Gasteiger partial charge in [0.05, 0.1) is 11.5 Å². The highest BCUT2D eigenvalue weighted by atomic mass is 32.2. The molecule has 128 valence electrons. The summed E-state index contributed by atoms with van der Waals surface area (Å²) in [6.45, 7) is 0.526. The molecule has 1 aliphatic rings. The Kier molecular flexibility index (Phi) is 6.59. The second-order valence-electron chi connectivity index (χ2n) is 5.52. The van der Waals surface area contributed by atoms with Crippen molar-refractivity contribution in [2.24, 2.45) is 4.99 Å². The van der Waals surface area contributed by atoms with Gasteiger partial charge in [-0.05, 0) is 12.0 Å². The van der Waals surface area contributed by atoms with Crippen LogP contribution >= 0.6 is 0 Å². The molecule has 1 saturated heterocycles. The number of hydrogen-bond donors (Lipinski definition) is 2. The molecule has 1 aromatic carbocycles. The Hall–Kier alpha value is -1.41. The topological polar surface area (TPSA) is 87.6 Å². The average Bonchev–Trinajstić information content (AvgIpc) is 2.86. The zero-order valence-electron chi connectivity index (χ0n) is 13.2. The molecule has 2 atom stereocenters. The third-order valence-electron chi connectivity index (χ3n) is 3.59. The van der Waals surface area contributed by atoms with E-state index in [0.29, 0.717) is 30.4 Å². The van der Waals surface area contributed by atoms with E-state index < -0.39 is 20.6 Å². The first-order valence-electron chi connectivity index (χ1n) is 7.55. The maximum atomic E-state index is 12.0. The fraction of sp³-hybridized carbons (Fsp3) is 0.533. The zero-order chi connectivity index (χ0) is 16.7. The lowest BCUT2D eigenvalue weighted by molar-refractivity contribution is 0.599. The highest BCUT2D eigenvalue weighted by Crippen LogP contribution is 2.10. The number of hydrogen-bond acceptors (Lipinski definition) is 4. The van der Waals surface area contributed by atoms with Crippen molar-refractivity contribution in [2.75, 3.05) is 30.9 Å². The summed E-state index contributed by atoms with van der Waals surface area (Å²) in [7, 11) is -2.22. The summed E-state index contributed by atoms with van der Waals surface area (Å²) >= 11 is 0. The van der Waals surface area contributed by atoms with Crippen molar-refractivity contribution in [2.45, 2.75) is 18.2 Å². The standard InChI is InChI=1S/C15H23N3O3S2/c1-16-15(18-14-7-10-23(20,21)12-14)17-8-9-22(19)11-13-5-3-2-4-6-13/h2-6,14H,7-12H2,1H3,(H2,16,17,18). The predicted molar refractivity (Wildman–Crippen MR) is 94.7 cm³/mol. The largest absolute Gasteiger partial charge is 0.355 e. The molecule has 0 bridgehead atoms. The van der Waals surface area contributed by atoms with E-state index in [-0.39, 0.29) is 17.5 Å². The molecule has 1 aromatic rings. The Morgan fingerprint density at radius 1 is 1.35 bits per heavy atom. The Morgan fingerprint density at radius 2 is 2.09 bits per heavy atom. The molecule has 2 rings (SSSR count). The lowest BCUT2D eigenvalue weighted by atomic mass is 10.2. The van der Waals surface area contributed by atoms with Gasteiger partial charge in [0.2, 0.25) is 0 Å². The summed E-state index contributed by atoms with van der Waals surface area (Å²) in [5.41, 5.74) is 1.06. The van der Waals surface area contributed by atoms with Crippen LogP contribution in [0.2, 0.25) is 0 Å². The predicted octanol–water partition coefficient (Wildman–Crippen LogP) is 0.287. The Balaban J connectivity index is 1.71. The van der Waals surface area contributed by atoms with Gasteiger partial charge in [-0.1, -0.05) is 30.3 Å². The first kappa shape index (κ1) is 17.9. The Bertz CT molecular complexity index is 660. The molecule has 1 aliphatic heterocycles. The molecule has 0 spiro atoms. The molecule has 6 nitrogen and oxygen atoms in total. The summed E-state index contributed by atoms with van der Waals surface area (Å²) in [4.78, 5) is 4.08. The van der Waals surface area contributed by atoms with E-state index in [0.717, 1.165) is 5.56 Å². The second-order valence-corrected chi connectivity index (χ2v) is 9.32. The molecule has 2 unspecified atom stereocenters. The molecule has 0 radical (unpaired) electrons. The van der Waals surface area contributed by atoms with Crippen molar-refractivity contribution in [3.05, 3.63) is 35.9 Å². The second kappa shape index (κ2) is 8.44. The first-order valence-corrected chi connectivity index (χ1v) is 10.9. The van der Waals surface area contributed by atoms with Crippen molar-refractivity contribution < 1.29 is 12.6 Å². The van der Waals surface area contributed by atoms with E-state index in [1.54, 1.807) is 7.05 Å². The van der Waals surface area contributed by atoms with E-state index in [2.05, 4.69) is 15.6 Å². The highest BCUT2D eigenvalue weighted by Gasteiger charge is 2.28. The van der Waals surface area contributed by atoms with Gasteiger partial charge in [0.15, 0.2) is 15.8 Å². The van der Waals surface area contributed by atoms with Crippen LogP contribution in [0.3, 0.4) is 0 Å². The van der Waals surface area contributed by atoms with E-state index in [1.165, 1.54) is 0 Å². The van der Waals surface area contributed by atoms with Gasteiger partial charge >= 0.3 is 0 Å². The molecule has 1 fully saturated rings. The molecule has 1 heterocycles. The lowest BCUT2D eigenvalue weighted by Gasteiger charge is -2.15. The van der Waals surface area contributed by atoms with Gasteiger partial charge in [-0.2, -0.15) is 0 Å². The van der Waals surface area contributed by atoms with Crippen molar-refractivity contribution in [1.29, 1.82) is 0 Å². The SMILES string of the molecule is CN=C(NCCS(=O)Cc1ccccc1)NC1CCS(=O)(=O)C1. The lowest BCUT2D eigenvalue weighted by Crippen LogP contribution is -2.45. The van der Waals surface area contributed by atoms with Crippen LogP contribution in [-0.2, 0) is 26.4 Å². The highest BCUT2D eigenvalue weighted by molar-refractivity contribution is 7.91. The van der Waals surface area contributed by atoms with Gasteiger partial charge in [-0.15, -0.1) is 0 Å². The summed E-state index contributed by atoms with van der Waals surface area (Å²) in [5.74, 6) is 1.98. The summed E-state index contributed by atoms with van der Waals surface area (Å²) in [6.07, 6.45) is 0.600. The molecule has 0 amide bonds. The van der Waals surface area contributed by atoms with Crippen LogP contribution in [0.4, 0.5) is 0 Å². The Morgan fingerprint density at radius 3 is 2.70 bits per heavy atom. The van der Waals surface area contributed by atoms with Gasteiger partial charge in [0.1, 0.15) is 0 Å². The van der Waals surface area contributed by atoms with Gasteiger partial charge in [0.25, 0.3) is 0 Å². The van der Waals surface area contributed by atoms with Crippen LogP contribution in [0.5, 0.6) is 0 Å². The van der Waals surface area contributed by atoms with Crippen molar-refractivity contribution in [3.8, 4) is 0 Å². The minimum absolute atomic E-state index is 0.0963. The number of nitrogens with zero attached hydrogens (tertiary/aromatic N) is 1. The van der Waals surface area contributed by atoms with Crippen LogP contribution < -0.4 is 10.6 Å². The van der Waals surface area contributed by atoms with Gasteiger partial charge in [0, 0.05) is 41.9 Å². The zero-order valence-corrected chi connectivity index (χ0v) is 14.8. The molecule has 0 aliphatic carbocycles. The van der Waals surface area contributed by atoms with Crippen LogP contribution in [-0.4, -0.2) is 55.5 Å². The maximum Gasteiger partial charge on any atom is 0.191 e. The number of benzene rings is 1. The van der Waals surface area contributed by atoms with E-state index >= 15 is 0 Å². The van der Waals surface area contributed by atoms with Crippen molar-refractivity contribution >= 4 is 26.6 Å². The summed E-state index contributed by atoms with van der Waals surface area (Å²) in [6, 6.07) is 9.64. The van der Waals surface area contributed by atoms with Crippen LogP contribution in [0, 0.1) is 0 Å². The quantitative estimate of drug-likeness (QED) is 0.564. The number of sulfone groups is 1. The number of nitrogens with one attached hydrogen (secondary N) is 2. The first-order chi connectivity index (χ1) is 11.0. The maximum absolute atomic E-state index is 12.0. The molecule has 0 saturated carbocycles. The minimum atomic E-state index is -2.91. The smallest absolute Gasteiger partial charge is 0.191 e. The Labute approximate surface area is 140 Å². The third kappa shape index (κ3) is 6.31. The van der Waals surface area contributed by atoms with E-state index in [1.807, 2.05) is 30.3 Å². The van der Waals surface area contributed by atoms with Crippen LogP contribution in [0.25, 0.3) is 0 Å². The van der Waals surface area contributed by atoms with Gasteiger partial charge in [-0.3, -0.25) is 9.20 Å². The monoisotopic (exact) mass is 357 g/mol. The van der Waals surface area contributed by atoms with E-state index in [9.17, 15) is 12.6 Å². The minimum Gasteiger partial charge on any atom is -0.355 e. The fourth-order valence-electron chi connectivity index (χ4n) is 2.41. The normalized spacial score (nSPS) is 21.8. The molecule has 8 heteroatoms. The van der Waals surface area contributed by atoms with Crippen LogP contribution in [0.15, 0.2) is 35.3 Å². The molecule has 0 aromatic heterocycles. The van der Waals surface area contributed by atoms with Crippen molar-refractivity contribution in [3.63, 3.8) is 0 Å². The number of aliphatic imine (C=N–C) groups is 1. The summed E-state index contributed by atoms with van der Waals surface area (Å²) in [5, 5.41) is 6.20. The summed E-state index contributed by atoms with van der Waals surface area (Å²) < 4.78 is 34.9. The fourth-order valence-corrected chi connectivity index (χ4v) is 5.12. The number of guanidine groups is 1.